The van der Waals surface area contributed by atoms with Gasteiger partial charge in [0.2, 0.25) is 0 Å². The van der Waals surface area contributed by atoms with Gasteiger partial charge in [0.25, 0.3) is 0 Å². The van der Waals surface area contributed by atoms with E-state index in [1.807, 2.05) is 0 Å². The summed E-state index contributed by atoms with van der Waals surface area (Å²) >= 11 is 0. The van der Waals surface area contributed by atoms with Crippen molar-refractivity contribution < 1.29 is 0 Å². The minimum absolute atomic E-state index is 0.648. The number of hydrogen-bond acceptors (Lipinski definition) is 2. The van der Waals surface area contributed by atoms with Crippen molar-refractivity contribution in [3.8, 4) is 0 Å². The van der Waals surface area contributed by atoms with E-state index in [1.165, 1.54) is 25.8 Å². The third-order valence-corrected chi connectivity index (χ3v) is 5.82. The smallest absolute Gasteiger partial charge is 0.0251 e. The van der Waals surface area contributed by atoms with Gasteiger partial charge in [-0.1, -0.05) is 6.92 Å². The van der Waals surface area contributed by atoms with Gasteiger partial charge in [-0.2, -0.15) is 0 Å². The van der Waals surface area contributed by atoms with E-state index < -0.39 is 0 Å². The largest absolute Gasteiger partial charge is 0.312 e. The summed E-state index contributed by atoms with van der Waals surface area (Å²) in [5.74, 6) is 3.21. The first-order chi connectivity index (χ1) is 8.61. The molecule has 1 N–H and O–H groups in total. The van der Waals surface area contributed by atoms with Gasteiger partial charge in [-0.05, 0) is 82.3 Å². The fourth-order valence-corrected chi connectivity index (χ4v) is 5.69. The van der Waals surface area contributed by atoms with Crippen molar-refractivity contribution in [3.05, 3.63) is 0 Å². The zero-order valence-electron chi connectivity index (χ0n) is 12.4. The first kappa shape index (κ1) is 12.9. The molecule has 0 aliphatic heterocycles. The van der Waals surface area contributed by atoms with E-state index in [0.29, 0.717) is 5.41 Å². The van der Waals surface area contributed by atoms with E-state index >= 15 is 0 Å². The molecule has 4 bridgehead atoms. The lowest BCUT2D eigenvalue weighted by Gasteiger charge is -2.60. The molecule has 0 aromatic rings. The van der Waals surface area contributed by atoms with Crippen LogP contribution < -0.4 is 5.32 Å². The van der Waals surface area contributed by atoms with Crippen LogP contribution in [-0.4, -0.2) is 38.1 Å². The Kier molecular flexibility index (Phi) is 3.44. The average molecular weight is 250 g/mol. The van der Waals surface area contributed by atoms with Crippen molar-refractivity contribution in [2.45, 2.75) is 51.5 Å². The molecule has 0 amide bonds. The molecular weight excluding hydrogens is 220 g/mol. The lowest BCUT2D eigenvalue weighted by atomic mass is 9.47. The van der Waals surface area contributed by atoms with Crippen LogP contribution >= 0.6 is 0 Å². The van der Waals surface area contributed by atoms with Crippen molar-refractivity contribution >= 4 is 0 Å². The van der Waals surface area contributed by atoms with Crippen LogP contribution in [0.3, 0.4) is 0 Å². The van der Waals surface area contributed by atoms with Gasteiger partial charge in [-0.15, -0.1) is 0 Å². The molecule has 0 radical (unpaired) electrons. The van der Waals surface area contributed by atoms with Gasteiger partial charge < -0.3 is 10.2 Å². The van der Waals surface area contributed by atoms with Crippen LogP contribution in [0.5, 0.6) is 0 Å². The van der Waals surface area contributed by atoms with E-state index in [4.69, 9.17) is 0 Å². The Labute approximate surface area is 113 Å². The minimum atomic E-state index is 0.648. The molecule has 0 spiro atoms. The van der Waals surface area contributed by atoms with Crippen molar-refractivity contribution in [2.24, 2.45) is 23.2 Å². The number of nitrogens with zero attached hydrogens (tertiary/aromatic N) is 1. The maximum Gasteiger partial charge on any atom is 0.0251 e. The number of likely N-dealkylation sites (N-methyl/N-ethyl adjacent to an activating group) is 2. The van der Waals surface area contributed by atoms with Crippen molar-refractivity contribution in [1.29, 1.82) is 0 Å². The summed E-state index contributed by atoms with van der Waals surface area (Å²) in [6.07, 6.45) is 9.22. The fraction of sp³-hybridized carbons (Fsp3) is 1.00. The Morgan fingerprint density at radius 3 is 1.94 bits per heavy atom. The number of nitrogens with one attached hydrogen (secondary N) is 1. The molecule has 1 unspecified atom stereocenters. The molecule has 2 nitrogen and oxygen atoms in total. The van der Waals surface area contributed by atoms with E-state index in [0.717, 1.165) is 30.3 Å². The van der Waals surface area contributed by atoms with Gasteiger partial charge >= 0.3 is 0 Å². The molecule has 4 fully saturated rings. The molecule has 4 saturated carbocycles. The average Bonchev–Trinajstić information content (AvgIpc) is 2.26. The molecule has 2 heteroatoms. The highest BCUT2D eigenvalue weighted by molar-refractivity contribution is 5.06. The Morgan fingerprint density at radius 2 is 1.56 bits per heavy atom. The summed E-state index contributed by atoms with van der Waals surface area (Å²) < 4.78 is 0. The molecule has 104 valence electrons. The topological polar surface area (TPSA) is 15.3 Å². The lowest BCUT2D eigenvalue weighted by molar-refractivity contribution is -0.0768. The molecular formula is C16H30N2. The van der Waals surface area contributed by atoms with Gasteiger partial charge in [0.1, 0.15) is 0 Å². The standard InChI is InChI=1S/C16H30N2/c1-4-17-15(11-18(2)3)16-8-12-5-13(9-16)7-14(6-12)10-16/h12-15,17H,4-11H2,1-3H3. The Bertz CT molecular complexity index is 262. The van der Waals surface area contributed by atoms with Crippen LogP contribution in [0.1, 0.15) is 45.4 Å². The lowest BCUT2D eigenvalue weighted by Crippen LogP contribution is -2.58. The third-order valence-electron chi connectivity index (χ3n) is 5.82. The minimum Gasteiger partial charge on any atom is -0.312 e. The summed E-state index contributed by atoms with van der Waals surface area (Å²) in [6.45, 7) is 4.61. The van der Waals surface area contributed by atoms with Crippen molar-refractivity contribution in [3.63, 3.8) is 0 Å². The zero-order valence-corrected chi connectivity index (χ0v) is 12.4. The monoisotopic (exact) mass is 250 g/mol. The maximum atomic E-state index is 3.83. The first-order valence-electron chi connectivity index (χ1n) is 7.99. The van der Waals surface area contributed by atoms with E-state index in [9.17, 15) is 0 Å². The van der Waals surface area contributed by atoms with Crippen LogP contribution in [-0.2, 0) is 0 Å². The second-order valence-corrected chi connectivity index (χ2v) is 7.65. The molecule has 0 heterocycles. The van der Waals surface area contributed by atoms with Crippen LogP contribution in [0.25, 0.3) is 0 Å². The first-order valence-corrected chi connectivity index (χ1v) is 7.99. The van der Waals surface area contributed by atoms with E-state index in [2.05, 4.69) is 31.2 Å². The highest BCUT2D eigenvalue weighted by Gasteiger charge is 2.53. The van der Waals surface area contributed by atoms with Gasteiger partial charge in [0.15, 0.2) is 0 Å². The zero-order chi connectivity index (χ0) is 12.8. The molecule has 18 heavy (non-hydrogen) atoms. The Balaban J connectivity index is 1.79. The predicted octanol–water partition coefficient (Wildman–Crippen LogP) is 2.74. The predicted molar refractivity (Wildman–Crippen MR) is 76.6 cm³/mol. The molecule has 4 rings (SSSR count). The van der Waals surface area contributed by atoms with E-state index in [-0.39, 0.29) is 0 Å². The van der Waals surface area contributed by atoms with Gasteiger partial charge in [0.05, 0.1) is 0 Å². The van der Waals surface area contributed by atoms with E-state index in [1.54, 1.807) is 19.3 Å². The SMILES string of the molecule is CCNC(CN(C)C)C12CC3CC(CC(C3)C1)C2. The van der Waals surface area contributed by atoms with Crippen LogP contribution in [0.15, 0.2) is 0 Å². The molecule has 4 aliphatic rings. The van der Waals surface area contributed by atoms with Crippen molar-refractivity contribution in [2.75, 3.05) is 27.2 Å². The summed E-state index contributed by atoms with van der Waals surface area (Å²) in [4.78, 5) is 2.38. The van der Waals surface area contributed by atoms with Crippen LogP contribution in [0.4, 0.5) is 0 Å². The normalized spacial score (nSPS) is 43.7. The van der Waals surface area contributed by atoms with Crippen LogP contribution in [0, 0.1) is 23.2 Å². The third kappa shape index (κ3) is 2.22. The Morgan fingerprint density at radius 1 is 1.06 bits per heavy atom. The van der Waals surface area contributed by atoms with Gasteiger partial charge in [0, 0.05) is 12.6 Å². The highest BCUT2D eigenvalue weighted by atomic mass is 15.1. The van der Waals surface area contributed by atoms with Gasteiger partial charge in [-0.25, -0.2) is 0 Å². The molecule has 1 atom stereocenters. The highest BCUT2D eigenvalue weighted by Crippen LogP contribution is 2.61. The molecule has 4 aliphatic carbocycles. The van der Waals surface area contributed by atoms with Crippen molar-refractivity contribution in [1.82, 2.24) is 10.2 Å². The van der Waals surface area contributed by atoms with Gasteiger partial charge in [-0.3, -0.25) is 0 Å². The second kappa shape index (κ2) is 4.79. The molecule has 0 aromatic carbocycles. The molecule has 0 saturated heterocycles. The Hall–Kier alpha value is -0.0800. The maximum absolute atomic E-state index is 3.83. The quantitative estimate of drug-likeness (QED) is 0.807. The summed E-state index contributed by atoms with van der Waals surface area (Å²) in [6, 6.07) is 0.728. The summed E-state index contributed by atoms with van der Waals surface area (Å²) in [5.41, 5.74) is 0.648. The fourth-order valence-electron chi connectivity index (χ4n) is 5.69. The number of rotatable bonds is 5. The summed E-state index contributed by atoms with van der Waals surface area (Å²) in [5, 5.41) is 3.83. The second-order valence-electron chi connectivity index (χ2n) is 7.65. The molecule has 0 aromatic heterocycles. The van der Waals surface area contributed by atoms with Crippen LogP contribution in [0.2, 0.25) is 0 Å². The summed E-state index contributed by atoms with van der Waals surface area (Å²) in [7, 11) is 4.45. The number of hydrogen-bond donors (Lipinski definition) is 1.